The molecule has 0 unspecified atom stereocenters. The molecule has 0 fully saturated rings. The maximum atomic E-state index is 11.8. The van der Waals surface area contributed by atoms with Gasteiger partial charge >= 0.3 is 5.97 Å². The molecule has 0 aromatic heterocycles. The molecule has 6 nitrogen and oxygen atoms in total. The number of nitrogens with one attached hydrogen (secondary N) is 1. The minimum Gasteiger partial charge on any atom is -0.480 e. The Labute approximate surface area is 96.8 Å². The quantitative estimate of drug-likeness (QED) is 0.681. The van der Waals surface area contributed by atoms with Gasteiger partial charge < -0.3 is 5.11 Å². The van der Waals surface area contributed by atoms with Crippen LogP contribution in [0.25, 0.3) is 0 Å². The summed E-state index contributed by atoms with van der Waals surface area (Å²) in [6.07, 6.45) is 0. The number of carboxylic acid groups (broad SMARTS) is 1. The Morgan fingerprint density at radius 3 is 2.00 bits per heavy atom. The van der Waals surface area contributed by atoms with Crippen LogP contribution < -0.4 is 4.72 Å². The molecule has 96 valence electrons. The monoisotopic (exact) mass is 252 g/mol. The molecule has 0 aliphatic carbocycles. The van der Waals surface area contributed by atoms with Crippen molar-refractivity contribution in [3.63, 3.8) is 0 Å². The highest BCUT2D eigenvalue weighted by molar-refractivity contribution is 7.87. The molecule has 0 spiro atoms. The van der Waals surface area contributed by atoms with E-state index in [0.717, 1.165) is 0 Å². The lowest BCUT2D eigenvalue weighted by Crippen LogP contribution is -2.50. The second-order valence-electron chi connectivity index (χ2n) is 3.77. The Morgan fingerprint density at radius 1 is 1.31 bits per heavy atom. The van der Waals surface area contributed by atoms with E-state index in [1.165, 1.54) is 4.31 Å². The lowest BCUT2D eigenvalue weighted by atomic mass is 10.1. The number of aliphatic carboxylic acids is 1. The SMILES string of the molecule is CCN(CC)S(=O)(=O)N[C@@H](C(=O)O)C(C)C. The van der Waals surface area contributed by atoms with Gasteiger partial charge in [0.05, 0.1) is 0 Å². The van der Waals surface area contributed by atoms with Gasteiger partial charge in [-0.3, -0.25) is 4.79 Å². The molecule has 0 heterocycles. The summed E-state index contributed by atoms with van der Waals surface area (Å²) in [7, 11) is -3.71. The van der Waals surface area contributed by atoms with Gasteiger partial charge in [-0.15, -0.1) is 0 Å². The van der Waals surface area contributed by atoms with Crippen LogP contribution in [0.2, 0.25) is 0 Å². The van der Waals surface area contributed by atoms with Gasteiger partial charge in [0.2, 0.25) is 0 Å². The van der Waals surface area contributed by atoms with Crippen molar-refractivity contribution in [2.75, 3.05) is 13.1 Å². The molecule has 2 N–H and O–H groups in total. The second kappa shape index (κ2) is 6.17. The summed E-state index contributed by atoms with van der Waals surface area (Å²) in [5.74, 6) is -1.46. The van der Waals surface area contributed by atoms with Crippen LogP contribution in [-0.2, 0) is 15.0 Å². The zero-order valence-corrected chi connectivity index (χ0v) is 10.9. The third-order valence-electron chi connectivity index (χ3n) is 2.25. The smallest absolute Gasteiger partial charge is 0.322 e. The third-order valence-corrected chi connectivity index (χ3v) is 4.00. The third kappa shape index (κ3) is 4.07. The van der Waals surface area contributed by atoms with E-state index in [-0.39, 0.29) is 5.92 Å². The fraction of sp³-hybridized carbons (Fsp3) is 0.889. The molecule has 0 aromatic carbocycles. The van der Waals surface area contributed by atoms with E-state index >= 15 is 0 Å². The number of carboxylic acids is 1. The second-order valence-corrected chi connectivity index (χ2v) is 5.47. The van der Waals surface area contributed by atoms with Crippen LogP contribution in [0.1, 0.15) is 27.7 Å². The average Bonchev–Trinajstić information content (AvgIpc) is 2.14. The molecule has 0 saturated carbocycles. The van der Waals surface area contributed by atoms with Gasteiger partial charge in [0.15, 0.2) is 0 Å². The normalized spacial score (nSPS) is 14.4. The molecule has 16 heavy (non-hydrogen) atoms. The minimum absolute atomic E-state index is 0.303. The number of nitrogens with zero attached hydrogens (tertiary/aromatic N) is 1. The molecular formula is C9H20N2O4S. The molecule has 0 bridgehead atoms. The van der Waals surface area contributed by atoms with Crippen LogP contribution in [-0.4, -0.2) is 42.9 Å². The van der Waals surface area contributed by atoms with Crippen LogP contribution in [0.3, 0.4) is 0 Å². The Kier molecular flexibility index (Phi) is 5.91. The van der Waals surface area contributed by atoms with Crippen molar-refractivity contribution in [1.29, 1.82) is 0 Å². The molecule has 0 radical (unpaired) electrons. The van der Waals surface area contributed by atoms with E-state index in [1.807, 2.05) is 0 Å². The first-order chi connectivity index (χ1) is 7.26. The lowest BCUT2D eigenvalue weighted by molar-refractivity contribution is -0.140. The highest BCUT2D eigenvalue weighted by Crippen LogP contribution is 2.06. The van der Waals surface area contributed by atoms with E-state index in [2.05, 4.69) is 4.72 Å². The van der Waals surface area contributed by atoms with Gasteiger partial charge in [-0.05, 0) is 5.92 Å². The molecule has 0 aliphatic rings. The predicted octanol–water partition coefficient (Wildman–Crippen LogP) is 0.272. The molecule has 0 rings (SSSR count). The minimum atomic E-state index is -3.71. The summed E-state index contributed by atoms with van der Waals surface area (Å²) < 4.78 is 26.9. The molecule has 0 aliphatic heterocycles. The van der Waals surface area contributed by atoms with Gasteiger partial charge in [0, 0.05) is 13.1 Å². The van der Waals surface area contributed by atoms with Gasteiger partial charge in [-0.2, -0.15) is 17.4 Å². The van der Waals surface area contributed by atoms with Crippen LogP contribution in [0.5, 0.6) is 0 Å². The van der Waals surface area contributed by atoms with E-state index < -0.39 is 22.2 Å². The number of hydrogen-bond acceptors (Lipinski definition) is 3. The van der Waals surface area contributed by atoms with Crippen molar-refractivity contribution in [3.05, 3.63) is 0 Å². The predicted molar refractivity (Wildman–Crippen MR) is 61.2 cm³/mol. The Hall–Kier alpha value is -0.660. The summed E-state index contributed by atoms with van der Waals surface area (Å²) in [4.78, 5) is 10.9. The standard InChI is InChI=1S/C9H20N2O4S/c1-5-11(6-2)16(14,15)10-8(7(3)4)9(12)13/h7-8,10H,5-6H2,1-4H3,(H,12,13)/t8-/m1/s1. The van der Waals surface area contributed by atoms with Crippen LogP contribution >= 0.6 is 0 Å². The van der Waals surface area contributed by atoms with Gasteiger partial charge in [0.1, 0.15) is 6.04 Å². The first-order valence-electron chi connectivity index (χ1n) is 5.26. The number of hydrogen-bond donors (Lipinski definition) is 2. The Morgan fingerprint density at radius 2 is 1.75 bits per heavy atom. The number of carbonyl (C=O) groups is 1. The first kappa shape index (κ1) is 15.3. The highest BCUT2D eigenvalue weighted by Gasteiger charge is 2.29. The van der Waals surface area contributed by atoms with Crippen molar-refractivity contribution in [2.24, 2.45) is 5.92 Å². The molecule has 0 aromatic rings. The Bertz CT molecular complexity index is 322. The maximum Gasteiger partial charge on any atom is 0.322 e. The lowest BCUT2D eigenvalue weighted by Gasteiger charge is -2.23. The van der Waals surface area contributed by atoms with Crippen molar-refractivity contribution < 1.29 is 18.3 Å². The van der Waals surface area contributed by atoms with Crippen molar-refractivity contribution >= 4 is 16.2 Å². The highest BCUT2D eigenvalue weighted by atomic mass is 32.2. The summed E-state index contributed by atoms with van der Waals surface area (Å²) in [6, 6.07) is -1.09. The van der Waals surface area contributed by atoms with Gasteiger partial charge in [-0.25, -0.2) is 0 Å². The molecule has 0 saturated heterocycles. The van der Waals surface area contributed by atoms with Crippen LogP contribution in [0, 0.1) is 5.92 Å². The van der Waals surface area contributed by atoms with Crippen molar-refractivity contribution in [3.8, 4) is 0 Å². The molecule has 7 heteroatoms. The van der Waals surface area contributed by atoms with E-state index in [0.29, 0.717) is 13.1 Å². The van der Waals surface area contributed by atoms with E-state index in [1.54, 1.807) is 27.7 Å². The van der Waals surface area contributed by atoms with Crippen LogP contribution in [0.4, 0.5) is 0 Å². The topological polar surface area (TPSA) is 86.7 Å². The zero-order chi connectivity index (χ0) is 12.9. The summed E-state index contributed by atoms with van der Waals surface area (Å²) >= 11 is 0. The van der Waals surface area contributed by atoms with Gasteiger partial charge in [0.25, 0.3) is 10.2 Å². The largest absolute Gasteiger partial charge is 0.480 e. The molecule has 0 amide bonds. The van der Waals surface area contributed by atoms with E-state index in [4.69, 9.17) is 5.11 Å². The zero-order valence-electron chi connectivity index (χ0n) is 10.1. The summed E-state index contributed by atoms with van der Waals surface area (Å²) in [6.45, 7) is 7.35. The van der Waals surface area contributed by atoms with Gasteiger partial charge in [-0.1, -0.05) is 27.7 Å². The molecule has 1 atom stereocenters. The number of rotatable bonds is 7. The first-order valence-corrected chi connectivity index (χ1v) is 6.70. The summed E-state index contributed by atoms with van der Waals surface area (Å²) in [5, 5.41) is 8.89. The fourth-order valence-corrected chi connectivity index (χ4v) is 2.79. The average molecular weight is 252 g/mol. The van der Waals surface area contributed by atoms with Crippen molar-refractivity contribution in [1.82, 2.24) is 9.03 Å². The Balaban J connectivity index is 4.86. The summed E-state index contributed by atoms with van der Waals surface area (Å²) in [5.41, 5.74) is 0. The van der Waals surface area contributed by atoms with E-state index in [9.17, 15) is 13.2 Å². The van der Waals surface area contributed by atoms with Crippen molar-refractivity contribution in [2.45, 2.75) is 33.7 Å². The van der Waals surface area contributed by atoms with Crippen LogP contribution in [0.15, 0.2) is 0 Å². The molecular weight excluding hydrogens is 232 g/mol. The fourth-order valence-electron chi connectivity index (χ4n) is 1.27. The maximum absolute atomic E-state index is 11.8.